The summed E-state index contributed by atoms with van der Waals surface area (Å²) in [7, 11) is 1.56. The molecular formula is C20H24N2O2S. The van der Waals surface area contributed by atoms with E-state index in [2.05, 4.69) is 22.3 Å². The molecule has 0 saturated carbocycles. The number of nitrogens with one attached hydrogen (secondary N) is 1. The van der Waals surface area contributed by atoms with E-state index in [-0.39, 0.29) is 5.91 Å². The van der Waals surface area contributed by atoms with Gasteiger partial charge in [0.15, 0.2) is 6.10 Å². The maximum Gasteiger partial charge on any atom is 0.258 e. The highest BCUT2D eigenvalue weighted by atomic mass is 32.2. The van der Waals surface area contributed by atoms with E-state index in [1.54, 1.807) is 7.11 Å². The Morgan fingerprint density at radius 1 is 1.16 bits per heavy atom. The summed E-state index contributed by atoms with van der Waals surface area (Å²) in [4.78, 5) is 15.1. The number of nitrogens with zero attached hydrogens (tertiary/aromatic N) is 1. The summed E-state index contributed by atoms with van der Waals surface area (Å²) >= 11 is 2.01. The van der Waals surface area contributed by atoms with Crippen molar-refractivity contribution in [2.45, 2.75) is 12.6 Å². The molecule has 5 heteroatoms. The van der Waals surface area contributed by atoms with E-state index in [1.165, 1.54) is 17.1 Å². The highest BCUT2D eigenvalue weighted by Crippen LogP contribution is 2.20. The van der Waals surface area contributed by atoms with Gasteiger partial charge in [-0.1, -0.05) is 42.5 Å². The third kappa shape index (κ3) is 5.08. The maximum absolute atomic E-state index is 12.6. The zero-order valence-corrected chi connectivity index (χ0v) is 15.3. The van der Waals surface area contributed by atoms with E-state index in [9.17, 15) is 4.79 Å². The monoisotopic (exact) mass is 356 g/mol. The van der Waals surface area contributed by atoms with Crippen LogP contribution in [0.5, 0.6) is 0 Å². The fourth-order valence-electron chi connectivity index (χ4n) is 3.00. The molecule has 0 aromatic heterocycles. The minimum Gasteiger partial charge on any atom is -0.367 e. The molecular weight excluding hydrogens is 332 g/mol. The van der Waals surface area contributed by atoms with E-state index >= 15 is 0 Å². The molecule has 1 aliphatic rings. The van der Waals surface area contributed by atoms with Crippen LogP contribution in [0.15, 0.2) is 54.6 Å². The van der Waals surface area contributed by atoms with Gasteiger partial charge in [0, 0.05) is 43.9 Å². The van der Waals surface area contributed by atoms with Gasteiger partial charge in [0.2, 0.25) is 0 Å². The van der Waals surface area contributed by atoms with Gasteiger partial charge in [-0.3, -0.25) is 9.69 Å². The minimum atomic E-state index is -0.607. The number of anilines is 1. The lowest BCUT2D eigenvalue weighted by molar-refractivity contribution is -0.126. The zero-order valence-electron chi connectivity index (χ0n) is 14.5. The Balaban J connectivity index is 1.65. The van der Waals surface area contributed by atoms with Crippen LogP contribution in [0.1, 0.15) is 17.2 Å². The molecule has 0 spiro atoms. The van der Waals surface area contributed by atoms with Crippen LogP contribution < -0.4 is 5.32 Å². The van der Waals surface area contributed by atoms with Crippen LogP contribution in [-0.2, 0) is 16.1 Å². The van der Waals surface area contributed by atoms with Crippen LogP contribution in [0, 0.1) is 0 Å². The van der Waals surface area contributed by atoms with Gasteiger partial charge in [0.05, 0.1) is 0 Å². The zero-order chi connectivity index (χ0) is 17.5. The Morgan fingerprint density at radius 2 is 1.92 bits per heavy atom. The number of carbonyl (C=O) groups excluding carboxylic acids is 1. The average Bonchev–Trinajstić information content (AvgIpc) is 2.64. The number of ether oxygens (including phenoxy) is 1. The van der Waals surface area contributed by atoms with Crippen molar-refractivity contribution >= 4 is 23.4 Å². The first-order valence-corrected chi connectivity index (χ1v) is 9.69. The largest absolute Gasteiger partial charge is 0.367 e. The average molecular weight is 356 g/mol. The first-order valence-electron chi connectivity index (χ1n) is 8.54. The lowest BCUT2D eigenvalue weighted by Crippen LogP contribution is -2.32. The molecule has 3 rings (SSSR count). The van der Waals surface area contributed by atoms with Gasteiger partial charge >= 0.3 is 0 Å². The molecule has 0 aliphatic carbocycles. The number of methoxy groups -OCH3 is 1. The van der Waals surface area contributed by atoms with Crippen LogP contribution >= 0.6 is 11.8 Å². The normalized spacial score (nSPS) is 16.4. The van der Waals surface area contributed by atoms with E-state index < -0.39 is 6.10 Å². The predicted molar refractivity (Wildman–Crippen MR) is 104 cm³/mol. The fraction of sp³-hybridized carbons (Fsp3) is 0.350. The molecule has 1 atom stereocenters. The van der Waals surface area contributed by atoms with Crippen molar-refractivity contribution in [3.8, 4) is 0 Å². The number of hydrogen-bond donors (Lipinski definition) is 1. The number of hydrogen-bond acceptors (Lipinski definition) is 4. The second-order valence-corrected chi connectivity index (χ2v) is 7.33. The number of rotatable bonds is 6. The Hall–Kier alpha value is -1.82. The van der Waals surface area contributed by atoms with Crippen molar-refractivity contribution in [2.24, 2.45) is 0 Å². The fourth-order valence-corrected chi connectivity index (χ4v) is 3.97. The van der Waals surface area contributed by atoms with Gasteiger partial charge in [-0.05, 0) is 23.3 Å². The maximum atomic E-state index is 12.6. The first-order chi connectivity index (χ1) is 12.3. The predicted octanol–water partition coefficient (Wildman–Crippen LogP) is 3.56. The Kier molecular flexibility index (Phi) is 6.50. The molecule has 1 N–H and O–H groups in total. The first kappa shape index (κ1) is 18.0. The van der Waals surface area contributed by atoms with Gasteiger partial charge in [-0.15, -0.1) is 0 Å². The minimum absolute atomic E-state index is 0.153. The van der Waals surface area contributed by atoms with Gasteiger partial charge < -0.3 is 10.1 Å². The van der Waals surface area contributed by atoms with Crippen molar-refractivity contribution in [3.63, 3.8) is 0 Å². The summed E-state index contributed by atoms with van der Waals surface area (Å²) < 4.78 is 5.40. The molecule has 25 heavy (non-hydrogen) atoms. The number of thioether (sulfide) groups is 1. The summed E-state index contributed by atoms with van der Waals surface area (Å²) in [5, 5.41) is 2.98. The van der Waals surface area contributed by atoms with Crippen LogP contribution in [0.2, 0.25) is 0 Å². The molecule has 1 amide bonds. The van der Waals surface area contributed by atoms with Gasteiger partial charge in [0.25, 0.3) is 5.91 Å². The molecule has 1 fully saturated rings. The molecule has 2 aromatic carbocycles. The van der Waals surface area contributed by atoms with E-state index in [1.807, 2.05) is 54.2 Å². The highest BCUT2D eigenvalue weighted by Gasteiger charge is 2.20. The van der Waals surface area contributed by atoms with Crippen molar-refractivity contribution < 1.29 is 9.53 Å². The van der Waals surface area contributed by atoms with Crippen LogP contribution in [0.3, 0.4) is 0 Å². The second-order valence-electron chi connectivity index (χ2n) is 6.10. The number of carbonyl (C=O) groups is 1. The SMILES string of the molecule is CO[C@@H](C(=O)Nc1cccc(CN2CCSCC2)c1)c1ccccc1. The Labute approximate surface area is 153 Å². The smallest absolute Gasteiger partial charge is 0.258 e. The van der Waals surface area contributed by atoms with Crippen LogP contribution in [-0.4, -0.2) is 42.5 Å². The molecule has 2 aromatic rings. The summed E-state index contributed by atoms with van der Waals surface area (Å²) in [6, 6.07) is 17.6. The molecule has 1 aliphatic heterocycles. The quantitative estimate of drug-likeness (QED) is 0.859. The molecule has 1 heterocycles. The van der Waals surface area contributed by atoms with Crippen molar-refractivity contribution in [1.82, 2.24) is 4.90 Å². The summed E-state index contributed by atoms with van der Waals surface area (Å²) in [5.74, 6) is 2.24. The Morgan fingerprint density at radius 3 is 2.64 bits per heavy atom. The summed E-state index contributed by atoms with van der Waals surface area (Å²) in [5.41, 5.74) is 2.88. The molecule has 0 bridgehead atoms. The number of amides is 1. The molecule has 0 unspecified atom stereocenters. The molecule has 4 nitrogen and oxygen atoms in total. The van der Waals surface area contributed by atoms with Crippen LogP contribution in [0.25, 0.3) is 0 Å². The lowest BCUT2D eigenvalue weighted by Gasteiger charge is -2.26. The molecule has 1 saturated heterocycles. The topological polar surface area (TPSA) is 41.6 Å². The highest BCUT2D eigenvalue weighted by molar-refractivity contribution is 7.99. The van der Waals surface area contributed by atoms with Crippen molar-refractivity contribution in [3.05, 3.63) is 65.7 Å². The third-order valence-corrected chi connectivity index (χ3v) is 5.22. The van der Waals surface area contributed by atoms with E-state index in [4.69, 9.17) is 4.74 Å². The number of benzene rings is 2. The Bertz CT molecular complexity index is 687. The third-order valence-electron chi connectivity index (χ3n) is 4.28. The van der Waals surface area contributed by atoms with E-state index in [0.717, 1.165) is 30.9 Å². The molecule has 132 valence electrons. The lowest BCUT2D eigenvalue weighted by atomic mass is 10.1. The standard InChI is InChI=1S/C20H24N2O2S/c1-24-19(17-7-3-2-4-8-17)20(23)21-18-9-5-6-16(14-18)15-22-10-12-25-13-11-22/h2-9,14,19H,10-13,15H2,1H3,(H,21,23)/t19-/m1/s1. The van der Waals surface area contributed by atoms with Gasteiger partial charge in [-0.2, -0.15) is 11.8 Å². The van der Waals surface area contributed by atoms with Gasteiger partial charge in [-0.25, -0.2) is 0 Å². The van der Waals surface area contributed by atoms with Crippen LogP contribution in [0.4, 0.5) is 5.69 Å². The van der Waals surface area contributed by atoms with Gasteiger partial charge in [0.1, 0.15) is 0 Å². The second kappa shape index (κ2) is 9.04. The van der Waals surface area contributed by atoms with Crippen molar-refractivity contribution in [1.29, 1.82) is 0 Å². The molecule has 0 radical (unpaired) electrons. The summed E-state index contributed by atoms with van der Waals surface area (Å²) in [6.45, 7) is 3.18. The van der Waals surface area contributed by atoms with Crippen molar-refractivity contribution in [2.75, 3.05) is 37.0 Å². The summed E-state index contributed by atoms with van der Waals surface area (Å²) in [6.07, 6.45) is -0.607. The van der Waals surface area contributed by atoms with E-state index in [0.29, 0.717) is 0 Å².